The van der Waals surface area contributed by atoms with Gasteiger partial charge in [-0.2, -0.15) is 0 Å². The second-order valence-corrected chi connectivity index (χ2v) is 19.4. The minimum atomic E-state index is -1.45. The second-order valence-electron chi connectivity index (χ2n) is 19.4. The predicted molar refractivity (Wildman–Crippen MR) is 273 cm³/mol. The van der Waals surface area contributed by atoms with Crippen LogP contribution in [0.5, 0.6) is 0 Å². The molecule has 0 spiro atoms. The van der Waals surface area contributed by atoms with Crippen molar-refractivity contribution < 1.29 is 72.0 Å². The molecule has 0 unspecified atom stereocenters. The monoisotopic (exact) mass is 1040 g/mol. The number of aliphatic hydroxyl groups is 2. The van der Waals surface area contributed by atoms with E-state index in [0.29, 0.717) is 19.3 Å². The van der Waals surface area contributed by atoms with Crippen molar-refractivity contribution in [3.05, 3.63) is 132 Å². The van der Waals surface area contributed by atoms with Crippen LogP contribution in [-0.4, -0.2) is 127 Å². The van der Waals surface area contributed by atoms with Crippen molar-refractivity contribution in [1.82, 2.24) is 21.3 Å². The van der Waals surface area contributed by atoms with E-state index in [1.807, 2.05) is 131 Å². The number of carbonyl (C=O) groups is 4. The molecule has 3 heterocycles. The fraction of sp³-hybridized carbons (Fsp3) is 0.536. The Labute approximate surface area is 438 Å². The number of rotatable bonds is 22. The van der Waals surface area contributed by atoms with Crippen molar-refractivity contribution in [2.45, 2.75) is 172 Å². The first-order valence-corrected chi connectivity index (χ1v) is 26.2. The average Bonchev–Trinajstić information content (AvgIpc) is 3.73. The third-order valence-electron chi connectivity index (χ3n) is 13.7. The zero-order chi connectivity index (χ0) is 53.3. The number of aliphatic hydroxyl groups excluding tert-OH is 2. The maximum Gasteiger partial charge on any atom is 0.408 e. The molecule has 3 aromatic carbocycles. The highest BCUT2D eigenvalue weighted by Crippen LogP contribution is 2.37. The van der Waals surface area contributed by atoms with Crippen molar-refractivity contribution in [1.29, 1.82) is 0 Å². The van der Waals surface area contributed by atoms with Crippen LogP contribution < -0.4 is 21.3 Å². The van der Waals surface area contributed by atoms with E-state index in [4.69, 9.17) is 42.6 Å². The van der Waals surface area contributed by atoms with E-state index < -0.39 is 104 Å². The Bertz CT molecular complexity index is 2310. The summed E-state index contributed by atoms with van der Waals surface area (Å²) in [6.45, 7) is 9.70. The molecule has 75 heavy (non-hydrogen) atoms. The fourth-order valence-corrected chi connectivity index (χ4v) is 9.34. The summed E-state index contributed by atoms with van der Waals surface area (Å²) in [5.41, 5.74) is 2.45. The molecule has 1 saturated carbocycles. The van der Waals surface area contributed by atoms with Gasteiger partial charge in [0.2, 0.25) is 5.91 Å². The van der Waals surface area contributed by atoms with Crippen LogP contribution in [0.4, 0.5) is 14.4 Å². The third kappa shape index (κ3) is 16.3. The standard InChI is InChI=1S/C56H74N4O15/c1-6-39-24-26-41(59-55(65)68-32-37-20-14-10-15-21-37)51(70-39)73-47-35(5)30-43(58-50(63)34(4)28-29-57-54(64)67-31-36-18-12-9-13-19-36)45(61)49(47)75-53-46(62)48(44(8-3)72-53)74-52-42(27-25-40(7-2)71-52)60-56(66)69-33-38-22-16-11-17-23-38/h9-27,34-35,39-49,51-53,61-62H,6-8,28-33H2,1-5H3,(H,57,64)(H,58,63)(H,59,65)(H,60,66)/t34-,35-,39+,40-,41+,42+,43+,44+,45-,46+,47+,48+,49+,51+,52+,53-/m0/s1. The molecule has 4 aliphatic rings. The average molecular weight is 1040 g/mol. The van der Waals surface area contributed by atoms with Crippen LogP contribution >= 0.6 is 0 Å². The van der Waals surface area contributed by atoms with Gasteiger partial charge in [-0.05, 0) is 54.7 Å². The minimum Gasteiger partial charge on any atom is -0.445 e. The molecule has 0 bridgehead atoms. The number of benzene rings is 3. The van der Waals surface area contributed by atoms with Gasteiger partial charge < -0.3 is 74.1 Å². The highest BCUT2D eigenvalue weighted by Gasteiger charge is 2.53. The zero-order valence-corrected chi connectivity index (χ0v) is 43.3. The number of ether oxygens (including phenoxy) is 9. The molecule has 4 amide bonds. The lowest BCUT2D eigenvalue weighted by Crippen LogP contribution is -2.63. The molecular weight excluding hydrogens is 969 g/mol. The van der Waals surface area contributed by atoms with Crippen LogP contribution in [0.2, 0.25) is 0 Å². The molecule has 0 radical (unpaired) electrons. The Morgan fingerprint density at radius 1 is 0.573 bits per heavy atom. The van der Waals surface area contributed by atoms with Crippen LogP contribution in [0, 0.1) is 11.8 Å². The summed E-state index contributed by atoms with van der Waals surface area (Å²) in [4.78, 5) is 52.5. The van der Waals surface area contributed by atoms with Gasteiger partial charge in [-0.3, -0.25) is 4.79 Å². The quantitative estimate of drug-likeness (QED) is 0.0468. The van der Waals surface area contributed by atoms with E-state index in [9.17, 15) is 29.4 Å². The van der Waals surface area contributed by atoms with Gasteiger partial charge in [0.15, 0.2) is 18.9 Å². The predicted octanol–water partition coefficient (Wildman–Crippen LogP) is 6.45. The fourth-order valence-electron chi connectivity index (χ4n) is 9.34. The summed E-state index contributed by atoms with van der Waals surface area (Å²) in [5.74, 6) is -1.40. The molecule has 1 saturated heterocycles. The van der Waals surface area contributed by atoms with Gasteiger partial charge in [0, 0.05) is 12.5 Å². The molecule has 0 aromatic heterocycles. The van der Waals surface area contributed by atoms with Crippen molar-refractivity contribution in [2.24, 2.45) is 11.8 Å². The molecule has 3 aromatic rings. The number of nitrogens with one attached hydrogen (secondary N) is 4. The molecular formula is C56H74N4O15. The van der Waals surface area contributed by atoms with E-state index in [-0.39, 0.29) is 57.3 Å². The van der Waals surface area contributed by atoms with Crippen molar-refractivity contribution in [3.8, 4) is 0 Å². The summed E-state index contributed by atoms with van der Waals surface area (Å²) < 4.78 is 55.4. The lowest BCUT2D eigenvalue weighted by molar-refractivity contribution is -0.287. The molecule has 7 rings (SSSR count). The zero-order valence-electron chi connectivity index (χ0n) is 43.3. The third-order valence-corrected chi connectivity index (χ3v) is 13.7. The minimum absolute atomic E-state index is 0.0345. The SMILES string of the molecule is CC[C@H]1C=C[C@@H](NC(=O)OCc2ccccc2)[C@@H](O[C@H]2[C@@H](O)[C@H](O[C@@H]3[C@@H](O)[C@H](NC(=O)[C@@H](C)CCNC(=O)OCc4ccccc4)C[C@H](C)[C@H]3O[C@H]3O[C@H](CC)C=C[C@H]3NC(=O)OCc3ccccc3)O[C@@H]2CC)O1. The van der Waals surface area contributed by atoms with Crippen LogP contribution in [-0.2, 0) is 67.2 Å². The summed E-state index contributed by atoms with van der Waals surface area (Å²) in [7, 11) is 0. The van der Waals surface area contributed by atoms with Gasteiger partial charge in [0.25, 0.3) is 0 Å². The largest absolute Gasteiger partial charge is 0.445 e. The van der Waals surface area contributed by atoms with Crippen LogP contribution in [0.15, 0.2) is 115 Å². The van der Waals surface area contributed by atoms with Gasteiger partial charge in [0.1, 0.15) is 56.3 Å². The highest BCUT2D eigenvalue weighted by molar-refractivity contribution is 5.78. The van der Waals surface area contributed by atoms with E-state index in [0.717, 1.165) is 16.7 Å². The smallest absolute Gasteiger partial charge is 0.408 e. The van der Waals surface area contributed by atoms with E-state index in [1.54, 1.807) is 19.1 Å². The molecule has 19 nitrogen and oxygen atoms in total. The highest BCUT2D eigenvalue weighted by atomic mass is 16.8. The van der Waals surface area contributed by atoms with Crippen LogP contribution in [0.1, 0.15) is 83.4 Å². The Kier molecular flexibility index (Phi) is 21.4. The lowest BCUT2D eigenvalue weighted by Gasteiger charge is -2.46. The van der Waals surface area contributed by atoms with Crippen molar-refractivity contribution in [2.75, 3.05) is 6.54 Å². The molecule has 19 heteroatoms. The molecule has 3 aliphatic heterocycles. The molecule has 2 fully saturated rings. The first kappa shape index (κ1) is 56.8. The summed E-state index contributed by atoms with van der Waals surface area (Å²) in [6, 6.07) is 25.3. The Hall–Kier alpha value is -5.90. The normalized spacial score (nSPS) is 30.6. The summed E-state index contributed by atoms with van der Waals surface area (Å²) in [6.07, 6.45) is -3.88. The molecule has 408 valence electrons. The number of alkyl carbamates (subject to hydrolysis) is 3. The maximum absolute atomic E-state index is 13.8. The van der Waals surface area contributed by atoms with Gasteiger partial charge in [-0.15, -0.1) is 0 Å². The summed E-state index contributed by atoms with van der Waals surface area (Å²) >= 11 is 0. The van der Waals surface area contributed by atoms with E-state index >= 15 is 0 Å². The Balaban J connectivity index is 1.05. The lowest BCUT2D eigenvalue weighted by atomic mass is 9.79. The van der Waals surface area contributed by atoms with Gasteiger partial charge in [0.05, 0.1) is 30.5 Å². The number of hydrogen-bond acceptors (Lipinski definition) is 15. The maximum atomic E-state index is 13.8. The van der Waals surface area contributed by atoms with Gasteiger partial charge in [-0.25, -0.2) is 14.4 Å². The first-order chi connectivity index (χ1) is 36.3. The molecule has 6 N–H and O–H groups in total. The van der Waals surface area contributed by atoms with Crippen molar-refractivity contribution in [3.63, 3.8) is 0 Å². The molecule has 1 aliphatic carbocycles. The van der Waals surface area contributed by atoms with E-state index in [1.165, 1.54) is 0 Å². The van der Waals surface area contributed by atoms with Crippen molar-refractivity contribution >= 4 is 24.2 Å². The van der Waals surface area contributed by atoms with Gasteiger partial charge >= 0.3 is 18.3 Å². The first-order valence-electron chi connectivity index (χ1n) is 26.2. The Morgan fingerprint density at radius 2 is 1.04 bits per heavy atom. The van der Waals surface area contributed by atoms with Crippen LogP contribution in [0.25, 0.3) is 0 Å². The number of carbonyl (C=O) groups excluding carboxylic acids is 4. The van der Waals surface area contributed by atoms with Crippen LogP contribution in [0.3, 0.4) is 0 Å². The summed E-state index contributed by atoms with van der Waals surface area (Å²) in [5, 5.41) is 35.9. The number of amides is 4. The van der Waals surface area contributed by atoms with E-state index in [2.05, 4.69) is 21.3 Å². The van der Waals surface area contributed by atoms with Gasteiger partial charge in [-0.1, -0.05) is 150 Å². The topological polar surface area (TPSA) is 240 Å². The molecule has 16 atom stereocenters. The number of hydrogen-bond donors (Lipinski definition) is 6. The Morgan fingerprint density at radius 3 is 1.52 bits per heavy atom. The second kappa shape index (κ2) is 28.3.